The summed E-state index contributed by atoms with van der Waals surface area (Å²) in [6.07, 6.45) is 3.36. The number of imidazole rings is 1. The maximum absolute atomic E-state index is 12.5. The SMILES string of the molecule is Cc1csc(-c2ccc(NC(=O)c3cccc4cncn34)cc2)n1. The molecule has 0 saturated carbocycles. The third-order valence-electron chi connectivity index (χ3n) is 3.69. The van der Waals surface area contributed by atoms with E-state index in [1.807, 2.05) is 48.7 Å². The molecule has 0 spiro atoms. The van der Waals surface area contributed by atoms with Gasteiger partial charge in [-0.3, -0.25) is 9.20 Å². The summed E-state index contributed by atoms with van der Waals surface area (Å²) in [4.78, 5) is 21.1. The number of benzene rings is 1. The zero-order chi connectivity index (χ0) is 16.5. The predicted octanol–water partition coefficient (Wildman–Crippen LogP) is 4.02. The topological polar surface area (TPSA) is 59.3 Å². The maximum atomic E-state index is 12.5. The third kappa shape index (κ3) is 2.68. The molecule has 4 rings (SSSR count). The lowest BCUT2D eigenvalue weighted by Crippen LogP contribution is -2.15. The van der Waals surface area contributed by atoms with E-state index in [1.165, 1.54) is 0 Å². The number of thiazole rings is 1. The zero-order valence-corrected chi connectivity index (χ0v) is 13.7. The van der Waals surface area contributed by atoms with Gasteiger partial charge >= 0.3 is 0 Å². The van der Waals surface area contributed by atoms with E-state index in [0.29, 0.717) is 5.69 Å². The van der Waals surface area contributed by atoms with Crippen molar-refractivity contribution in [3.63, 3.8) is 0 Å². The van der Waals surface area contributed by atoms with Crippen molar-refractivity contribution >= 4 is 28.4 Å². The van der Waals surface area contributed by atoms with E-state index >= 15 is 0 Å². The number of pyridine rings is 1. The van der Waals surface area contributed by atoms with E-state index in [4.69, 9.17) is 0 Å². The Kier molecular flexibility index (Phi) is 3.59. The summed E-state index contributed by atoms with van der Waals surface area (Å²) < 4.78 is 1.77. The number of carbonyl (C=O) groups excluding carboxylic acids is 1. The van der Waals surface area contributed by atoms with Crippen LogP contribution in [0, 0.1) is 6.92 Å². The minimum absolute atomic E-state index is 0.170. The van der Waals surface area contributed by atoms with Gasteiger partial charge in [-0.05, 0) is 43.3 Å². The van der Waals surface area contributed by atoms with Crippen LogP contribution in [-0.4, -0.2) is 20.3 Å². The molecule has 0 unspecified atom stereocenters. The molecule has 118 valence electrons. The van der Waals surface area contributed by atoms with Crippen LogP contribution in [0.5, 0.6) is 0 Å². The summed E-state index contributed by atoms with van der Waals surface area (Å²) >= 11 is 1.61. The summed E-state index contributed by atoms with van der Waals surface area (Å²) in [6, 6.07) is 13.2. The number of hydrogen-bond acceptors (Lipinski definition) is 4. The molecule has 0 radical (unpaired) electrons. The standard InChI is InChI=1S/C18H14N4OS/c1-12-10-24-18(20-12)13-5-7-14(8-6-13)21-17(23)16-4-2-3-15-9-19-11-22(15)16/h2-11H,1H3,(H,21,23). The summed E-state index contributed by atoms with van der Waals surface area (Å²) in [7, 11) is 0. The second-order valence-electron chi connectivity index (χ2n) is 5.43. The van der Waals surface area contributed by atoms with Crippen LogP contribution in [0.1, 0.15) is 16.2 Å². The molecule has 0 aliphatic rings. The molecule has 0 aliphatic carbocycles. The fourth-order valence-electron chi connectivity index (χ4n) is 2.51. The first kappa shape index (κ1) is 14.6. The molecule has 1 aromatic carbocycles. The second kappa shape index (κ2) is 5.90. The van der Waals surface area contributed by atoms with Crippen molar-refractivity contribution in [3.05, 3.63) is 71.8 Å². The van der Waals surface area contributed by atoms with Crippen molar-refractivity contribution in [2.24, 2.45) is 0 Å². The van der Waals surface area contributed by atoms with Crippen LogP contribution in [0.3, 0.4) is 0 Å². The van der Waals surface area contributed by atoms with E-state index in [1.54, 1.807) is 34.3 Å². The number of hydrogen-bond donors (Lipinski definition) is 1. The van der Waals surface area contributed by atoms with Crippen molar-refractivity contribution in [2.75, 3.05) is 5.32 Å². The minimum Gasteiger partial charge on any atom is -0.321 e. The lowest BCUT2D eigenvalue weighted by atomic mass is 10.2. The molecule has 3 heterocycles. The Morgan fingerprint density at radius 1 is 1.17 bits per heavy atom. The first-order valence-corrected chi connectivity index (χ1v) is 8.34. The predicted molar refractivity (Wildman–Crippen MR) is 95.4 cm³/mol. The number of amides is 1. The molecule has 24 heavy (non-hydrogen) atoms. The van der Waals surface area contributed by atoms with Crippen LogP contribution in [0.15, 0.2) is 60.4 Å². The number of carbonyl (C=O) groups is 1. The van der Waals surface area contributed by atoms with Gasteiger partial charge in [0.1, 0.15) is 10.7 Å². The highest BCUT2D eigenvalue weighted by atomic mass is 32.1. The number of nitrogens with one attached hydrogen (secondary N) is 1. The van der Waals surface area contributed by atoms with Crippen molar-refractivity contribution in [1.29, 1.82) is 0 Å². The molecule has 0 bridgehead atoms. The highest BCUT2D eigenvalue weighted by Gasteiger charge is 2.10. The minimum atomic E-state index is -0.170. The molecule has 5 nitrogen and oxygen atoms in total. The number of nitrogens with zero attached hydrogens (tertiary/aromatic N) is 3. The maximum Gasteiger partial charge on any atom is 0.272 e. The van der Waals surface area contributed by atoms with E-state index in [-0.39, 0.29) is 5.91 Å². The van der Waals surface area contributed by atoms with Gasteiger partial charge < -0.3 is 5.32 Å². The smallest absolute Gasteiger partial charge is 0.272 e. The molecule has 3 aromatic heterocycles. The summed E-state index contributed by atoms with van der Waals surface area (Å²) in [5.41, 5.74) is 4.24. The van der Waals surface area contributed by atoms with E-state index in [2.05, 4.69) is 15.3 Å². The molecule has 4 aromatic rings. The number of anilines is 1. The monoisotopic (exact) mass is 334 g/mol. The molecule has 1 amide bonds. The molecular formula is C18H14N4OS. The van der Waals surface area contributed by atoms with Gasteiger partial charge in [0.05, 0.1) is 18.0 Å². The van der Waals surface area contributed by atoms with Crippen molar-refractivity contribution in [3.8, 4) is 10.6 Å². The second-order valence-corrected chi connectivity index (χ2v) is 6.28. The highest BCUT2D eigenvalue weighted by molar-refractivity contribution is 7.13. The van der Waals surface area contributed by atoms with Crippen molar-refractivity contribution in [2.45, 2.75) is 6.92 Å². The Labute approximate surface area is 142 Å². The Morgan fingerprint density at radius 2 is 2.00 bits per heavy atom. The Morgan fingerprint density at radius 3 is 2.75 bits per heavy atom. The molecule has 6 heteroatoms. The molecule has 0 saturated heterocycles. The lowest BCUT2D eigenvalue weighted by molar-refractivity contribution is 0.102. The van der Waals surface area contributed by atoms with Crippen LogP contribution in [0.2, 0.25) is 0 Å². The van der Waals surface area contributed by atoms with E-state index in [9.17, 15) is 4.79 Å². The first-order chi connectivity index (χ1) is 11.7. The quantitative estimate of drug-likeness (QED) is 0.615. The molecule has 0 atom stereocenters. The largest absolute Gasteiger partial charge is 0.321 e. The van der Waals surface area contributed by atoms with Crippen molar-refractivity contribution in [1.82, 2.24) is 14.4 Å². The van der Waals surface area contributed by atoms with Crippen LogP contribution in [-0.2, 0) is 0 Å². The molecular weight excluding hydrogens is 320 g/mol. The number of fused-ring (bicyclic) bond motifs is 1. The number of aryl methyl sites for hydroxylation is 1. The third-order valence-corrected chi connectivity index (χ3v) is 4.70. The van der Waals surface area contributed by atoms with Gasteiger partial charge in [-0.2, -0.15) is 0 Å². The Bertz CT molecular complexity index is 1020. The van der Waals surface area contributed by atoms with Crippen LogP contribution >= 0.6 is 11.3 Å². The van der Waals surface area contributed by atoms with Gasteiger partial charge in [0.25, 0.3) is 5.91 Å². The fraction of sp³-hybridized carbons (Fsp3) is 0.0556. The molecule has 0 aliphatic heterocycles. The summed E-state index contributed by atoms with van der Waals surface area (Å²) in [5, 5.41) is 5.92. The zero-order valence-electron chi connectivity index (χ0n) is 12.9. The van der Waals surface area contributed by atoms with E-state index in [0.717, 1.165) is 27.5 Å². The molecule has 1 N–H and O–H groups in total. The van der Waals surface area contributed by atoms with Gasteiger partial charge in [-0.1, -0.05) is 6.07 Å². The van der Waals surface area contributed by atoms with Crippen molar-refractivity contribution < 1.29 is 4.79 Å². The highest BCUT2D eigenvalue weighted by Crippen LogP contribution is 2.25. The number of aromatic nitrogens is 3. The Balaban J connectivity index is 1.57. The summed E-state index contributed by atoms with van der Waals surface area (Å²) in [6.45, 7) is 1.98. The van der Waals surface area contributed by atoms with Gasteiger partial charge in [0.15, 0.2) is 0 Å². The van der Waals surface area contributed by atoms with Gasteiger partial charge in [-0.15, -0.1) is 11.3 Å². The van der Waals surface area contributed by atoms with E-state index < -0.39 is 0 Å². The van der Waals surface area contributed by atoms with Gasteiger partial charge in [0, 0.05) is 22.3 Å². The average molecular weight is 334 g/mol. The van der Waals surface area contributed by atoms with Gasteiger partial charge in [-0.25, -0.2) is 9.97 Å². The fourth-order valence-corrected chi connectivity index (χ4v) is 3.31. The van der Waals surface area contributed by atoms with Crippen LogP contribution < -0.4 is 5.32 Å². The number of rotatable bonds is 3. The van der Waals surface area contributed by atoms with Crippen LogP contribution in [0.4, 0.5) is 5.69 Å². The lowest BCUT2D eigenvalue weighted by Gasteiger charge is -2.08. The van der Waals surface area contributed by atoms with Crippen LogP contribution in [0.25, 0.3) is 16.1 Å². The summed E-state index contributed by atoms with van der Waals surface area (Å²) in [5.74, 6) is -0.170. The Hall–Kier alpha value is -2.99. The first-order valence-electron chi connectivity index (χ1n) is 7.46. The normalized spacial score (nSPS) is 10.9. The average Bonchev–Trinajstić information content (AvgIpc) is 3.24. The molecule has 0 fully saturated rings. The van der Waals surface area contributed by atoms with Gasteiger partial charge in [0.2, 0.25) is 0 Å².